The topological polar surface area (TPSA) is 35.2 Å². The fourth-order valence-electron chi connectivity index (χ4n) is 2.31. The van der Waals surface area contributed by atoms with Crippen molar-refractivity contribution in [3.63, 3.8) is 0 Å². The second-order valence-corrected chi connectivity index (χ2v) is 3.98. The van der Waals surface area contributed by atoms with Crippen LogP contribution >= 0.6 is 0 Å². The van der Waals surface area contributed by atoms with Gasteiger partial charge in [-0.05, 0) is 36.5 Å². The molecular formula is C12H17NO. The maximum Gasteiger partial charge on any atom is 0.0767 e. The van der Waals surface area contributed by atoms with Crippen LogP contribution in [0.4, 0.5) is 0 Å². The number of methoxy groups -OCH3 is 1. The number of fused-ring (bicyclic) bond motifs is 1. The van der Waals surface area contributed by atoms with Gasteiger partial charge >= 0.3 is 0 Å². The molecule has 0 aliphatic heterocycles. The highest BCUT2D eigenvalue weighted by molar-refractivity contribution is 5.39. The van der Waals surface area contributed by atoms with Gasteiger partial charge in [-0.2, -0.15) is 0 Å². The molecule has 2 nitrogen and oxygen atoms in total. The Kier molecular flexibility index (Phi) is 2.57. The van der Waals surface area contributed by atoms with Gasteiger partial charge in [-0.15, -0.1) is 0 Å². The third kappa shape index (κ3) is 1.45. The van der Waals surface area contributed by atoms with E-state index in [0.717, 1.165) is 12.8 Å². The van der Waals surface area contributed by atoms with E-state index in [2.05, 4.69) is 25.1 Å². The lowest BCUT2D eigenvalue weighted by molar-refractivity contribution is 0.0678. The smallest absolute Gasteiger partial charge is 0.0767 e. The summed E-state index contributed by atoms with van der Waals surface area (Å²) in [5, 5.41) is 0. The van der Waals surface area contributed by atoms with Crippen molar-refractivity contribution in [3.8, 4) is 0 Å². The molecule has 14 heavy (non-hydrogen) atoms. The Bertz CT molecular complexity index is 335. The quantitative estimate of drug-likeness (QED) is 0.736. The number of rotatable bonds is 1. The Balaban J connectivity index is 2.41. The van der Waals surface area contributed by atoms with Crippen LogP contribution in [-0.2, 0) is 11.2 Å². The van der Waals surface area contributed by atoms with Crippen molar-refractivity contribution in [2.24, 2.45) is 5.73 Å². The minimum absolute atomic E-state index is 0.0450. The third-order valence-corrected chi connectivity index (χ3v) is 3.19. The molecule has 0 spiro atoms. The van der Waals surface area contributed by atoms with Crippen molar-refractivity contribution >= 4 is 0 Å². The molecule has 0 saturated heterocycles. The van der Waals surface area contributed by atoms with Crippen molar-refractivity contribution in [2.45, 2.75) is 31.9 Å². The third-order valence-electron chi connectivity index (χ3n) is 3.19. The van der Waals surface area contributed by atoms with Gasteiger partial charge in [-0.25, -0.2) is 0 Å². The fourth-order valence-corrected chi connectivity index (χ4v) is 2.31. The molecule has 2 unspecified atom stereocenters. The first-order valence-electron chi connectivity index (χ1n) is 5.11. The van der Waals surface area contributed by atoms with Gasteiger partial charge < -0.3 is 10.5 Å². The van der Waals surface area contributed by atoms with Crippen LogP contribution < -0.4 is 5.73 Å². The van der Waals surface area contributed by atoms with Gasteiger partial charge in [0.2, 0.25) is 0 Å². The molecule has 76 valence electrons. The van der Waals surface area contributed by atoms with Gasteiger partial charge in [-0.1, -0.05) is 18.2 Å². The first-order chi connectivity index (χ1) is 6.74. The van der Waals surface area contributed by atoms with E-state index in [1.165, 1.54) is 16.7 Å². The molecule has 0 aromatic heterocycles. The molecule has 2 rings (SSSR count). The molecule has 0 heterocycles. The molecule has 0 saturated carbocycles. The van der Waals surface area contributed by atoms with Crippen LogP contribution in [-0.4, -0.2) is 13.2 Å². The molecular weight excluding hydrogens is 174 g/mol. The van der Waals surface area contributed by atoms with Crippen molar-refractivity contribution in [1.29, 1.82) is 0 Å². The summed E-state index contributed by atoms with van der Waals surface area (Å²) in [5.74, 6) is 0. The molecule has 1 aliphatic rings. The number of nitrogens with two attached hydrogens (primary N) is 1. The fraction of sp³-hybridized carbons (Fsp3) is 0.500. The van der Waals surface area contributed by atoms with Crippen LogP contribution in [0.2, 0.25) is 0 Å². The van der Waals surface area contributed by atoms with Crippen LogP contribution in [0.1, 0.15) is 29.2 Å². The highest BCUT2D eigenvalue weighted by Crippen LogP contribution is 2.31. The van der Waals surface area contributed by atoms with Crippen molar-refractivity contribution in [3.05, 3.63) is 34.9 Å². The van der Waals surface area contributed by atoms with Gasteiger partial charge in [0.1, 0.15) is 0 Å². The average molecular weight is 191 g/mol. The Hall–Kier alpha value is -0.860. The van der Waals surface area contributed by atoms with E-state index in [1.807, 2.05) is 0 Å². The summed E-state index contributed by atoms with van der Waals surface area (Å²) >= 11 is 0. The van der Waals surface area contributed by atoms with E-state index in [0.29, 0.717) is 0 Å². The van der Waals surface area contributed by atoms with Crippen molar-refractivity contribution < 1.29 is 4.74 Å². The van der Waals surface area contributed by atoms with Gasteiger partial charge in [0.05, 0.1) is 12.1 Å². The Morgan fingerprint density at radius 3 is 2.93 bits per heavy atom. The molecule has 2 heteroatoms. The van der Waals surface area contributed by atoms with Crippen LogP contribution in [0.25, 0.3) is 0 Å². The maximum absolute atomic E-state index is 6.14. The lowest BCUT2D eigenvalue weighted by atomic mass is 9.84. The van der Waals surface area contributed by atoms with Crippen molar-refractivity contribution in [2.75, 3.05) is 7.11 Å². The average Bonchev–Trinajstić information content (AvgIpc) is 2.20. The van der Waals surface area contributed by atoms with E-state index in [9.17, 15) is 0 Å². The highest BCUT2D eigenvalue weighted by Gasteiger charge is 2.26. The van der Waals surface area contributed by atoms with E-state index >= 15 is 0 Å². The molecule has 0 bridgehead atoms. The summed E-state index contributed by atoms with van der Waals surface area (Å²) in [5.41, 5.74) is 10.2. The largest absolute Gasteiger partial charge is 0.379 e. The summed E-state index contributed by atoms with van der Waals surface area (Å²) in [7, 11) is 1.74. The van der Waals surface area contributed by atoms with E-state index < -0.39 is 0 Å². The summed E-state index contributed by atoms with van der Waals surface area (Å²) in [6.45, 7) is 2.15. The number of hydrogen-bond acceptors (Lipinski definition) is 2. The zero-order valence-electron chi connectivity index (χ0n) is 8.79. The van der Waals surface area contributed by atoms with E-state index in [-0.39, 0.29) is 12.1 Å². The number of ether oxygens (including phenoxy) is 1. The molecule has 2 N–H and O–H groups in total. The predicted molar refractivity (Wildman–Crippen MR) is 57.2 cm³/mol. The number of benzene rings is 1. The minimum Gasteiger partial charge on any atom is -0.379 e. The van der Waals surface area contributed by atoms with Crippen LogP contribution in [0.3, 0.4) is 0 Å². The normalized spacial score (nSPS) is 25.9. The Labute approximate surface area is 85.1 Å². The number of aryl methyl sites for hydroxylation is 1. The molecule has 1 aromatic carbocycles. The number of hydrogen-bond donors (Lipinski definition) is 1. The van der Waals surface area contributed by atoms with Crippen LogP contribution in [0.5, 0.6) is 0 Å². The predicted octanol–water partition coefficient (Wildman–Crippen LogP) is 1.96. The van der Waals surface area contributed by atoms with Crippen molar-refractivity contribution in [1.82, 2.24) is 0 Å². The highest BCUT2D eigenvalue weighted by atomic mass is 16.5. The molecule has 1 aliphatic carbocycles. The molecule has 0 radical (unpaired) electrons. The second kappa shape index (κ2) is 3.71. The molecule has 2 atom stereocenters. The Morgan fingerprint density at radius 1 is 1.43 bits per heavy atom. The van der Waals surface area contributed by atoms with E-state index in [1.54, 1.807) is 7.11 Å². The second-order valence-electron chi connectivity index (χ2n) is 3.98. The van der Waals surface area contributed by atoms with Crippen LogP contribution in [0.15, 0.2) is 18.2 Å². The summed E-state index contributed by atoms with van der Waals surface area (Å²) in [6.07, 6.45) is 2.31. The van der Waals surface area contributed by atoms with Crippen LogP contribution in [0, 0.1) is 6.92 Å². The minimum atomic E-state index is 0.0450. The summed E-state index contributed by atoms with van der Waals surface area (Å²) in [4.78, 5) is 0. The first-order valence-corrected chi connectivity index (χ1v) is 5.11. The zero-order chi connectivity index (χ0) is 10.1. The standard InChI is InChI=1S/C12H17NO/c1-8-4-3-5-10-9(8)6-7-11(14-2)12(10)13/h3-5,11-12H,6-7,13H2,1-2H3. The van der Waals surface area contributed by atoms with Gasteiger partial charge in [0.15, 0.2) is 0 Å². The SMILES string of the molecule is COC1CCc2c(C)cccc2C1N. The van der Waals surface area contributed by atoms with Gasteiger partial charge in [-0.3, -0.25) is 0 Å². The molecule has 1 aromatic rings. The molecule has 0 amide bonds. The zero-order valence-corrected chi connectivity index (χ0v) is 8.79. The summed E-state index contributed by atoms with van der Waals surface area (Å²) < 4.78 is 5.38. The monoisotopic (exact) mass is 191 g/mol. The summed E-state index contributed by atoms with van der Waals surface area (Å²) in [6, 6.07) is 6.40. The van der Waals surface area contributed by atoms with E-state index in [4.69, 9.17) is 10.5 Å². The first kappa shape index (κ1) is 9.69. The van der Waals surface area contributed by atoms with Gasteiger partial charge in [0.25, 0.3) is 0 Å². The maximum atomic E-state index is 6.14. The lowest BCUT2D eigenvalue weighted by Crippen LogP contribution is -2.33. The van der Waals surface area contributed by atoms with Gasteiger partial charge in [0, 0.05) is 7.11 Å². The Morgan fingerprint density at radius 2 is 2.21 bits per heavy atom. The lowest BCUT2D eigenvalue weighted by Gasteiger charge is -2.30. The molecule has 0 fully saturated rings.